The summed E-state index contributed by atoms with van der Waals surface area (Å²) in [5.41, 5.74) is 1.17. The van der Waals surface area contributed by atoms with Crippen LogP contribution < -0.4 is 5.32 Å². The van der Waals surface area contributed by atoms with E-state index in [1.54, 1.807) is 5.06 Å². The minimum absolute atomic E-state index is 0.0867. The zero-order valence-electron chi connectivity index (χ0n) is 11.0. The summed E-state index contributed by atoms with van der Waals surface area (Å²) in [5, 5.41) is 4.92. The molecule has 1 aromatic rings. The number of rotatable bonds is 2. The van der Waals surface area contributed by atoms with Gasteiger partial charge in [-0.15, -0.1) is 0 Å². The first kappa shape index (κ1) is 12.6. The molecule has 0 spiro atoms. The minimum Gasteiger partial charge on any atom is -0.317 e. The molecule has 2 aliphatic rings. The van der Waals surface area contributed by atoms with E-state index in [-0.39, 0.29) is 17.9 Å². The fourth-order valence-electron chi connectivity index (χ4n) is 2.91. The lowest BCUT2D eigenvalue weighted by atomic mass is 9.95. The normalized spacial score (nSPS) is 24.6. The van der Waals surface area contributed by atoms with Gasteiger partial charge in [0.2, 0.25) is 5.91 Å². The number of hydroxylamine groups is 2. The summed E-state index contributed by atoms with van der Waals surface area (Å²) in [5.74, 6) is 0.276. The maximum absolute atomic E-state index is 12.6. The molecule has 1 atom stereocenters. The fraction of sp³-hybridized carbons (Fsp3) is 0.533. The van der Waals surface area contributed by atoms with Crippen LogP contribution in [0.2, 0.25) is 0 Å². The second kappa shape index (κ2) is 5.72. The highest BCUT2D eigenvalue weighted by atomic mass is 16.7. The Morgan fingerprint density at radius 3 is 2.63 bits per heavy atom. The standard InChI is InChI=1S/C15H20N2O2/c18-15(13-6-9-16-10-7-13)17-14(8-11-19-17)12-4-2-1-3-5-12/h1-5,13-14,16H,6-11H2/t14-/m0/s1. The number of amides is 1. The van der Waals surface area contributed by atoms with Gasteiger partial charge in [0.05, 0.1) is 12.6 Å². The Balaban J connectivity index is 1.74. The first-order valence-electron chi connectivity index (χ1n) is 7.08. The van der Waals surface area contributed by atoms with Crippen LogP contribution >= 0.6 is 0 Å². The Bertz CT molecular complexity index is 429. The zero-order valence-corrected chi connectivity index (χ0v) is 11.0. The molecule has 2 aliphatic heterocycles. The van der Waals surface area contributed by atoms with E-state index in [2.05, 4.69) is 17.4 Å². The number of nitrogens with one attached hydrogen (secondary N) is 1. The molecule has 1 amide bonds. The van der Waals surface area contributed by atoms with Gasteiger partial charge in [0.1, 0.15) is 0 Å². The molecule has 1 aromatic carbocycles. The fourth-order valence-corrected chi connectivity index (χ4v) is 2.91. The van der Waals surface area contributed by atoms with Gasteiger partial charge in [-0.25, -0.2) is 5.06 Å². The molecule has 0 saturated carbocycles. The van der Waals surface area contributed by atoms with Crippen LogP contribution in [0.3, 0.4) is 0 Å². The number of hydrogen-bond donors (Lipinski definition) is 1. The highest BCUT2D eigenvalue weighted by Crippen LogP contribution is 2.32. The molecule has 0 aliphatic carbocycles. The Labute approximate surface area is 113 Å². The first-order chi connectivity index (χ1) is 9.36. The van der Waals surface area contributed by atoms with Crippen LogP contribution in [0.5, 0.6) is 0 Å². The van der Waals surface area contributed by atoms with Crippen LogP contribution in [-0.2, 0) is 9.63 Å². The third-order valence-corrected chi connectivity index (χ3v) is 3.99. The first-order valence-corrected chi connectivity index (χ1v) is 7.08. The molecule has 4 nitrogen and oxygen atoms in total. The van der Waals surface area contributed by atoms with Gasteiger partial charge in [0, 0.05) is 12.3 Å². The molecule has 1 N–H and O–H groups in total. The van der Waals surface area contributed by atoms with Crippen molar-refractivity contribution >= 4 is 5.91 Å². The zero-order chi connectivity index (χ0) is 13.1. The van der Waals surface area contributed by atoms with Crippen molar-refractivity contribution in [1.82, 2.24) is 10.4 Å². The molecule has 19 heavy (non-hydrogen) atoms. The van der Waals surface area contributed by atoms with Crippen LogP contribution in [0.1, 0.15) is 30.9 Å². The summed E-state index contributed by atoms with van der Waals surface area (Å²) in [6, 6.07) is 10.3. The lowest BCUT2D eigenvalue weighted by Gasteiger charge is -2.29. The monoisotopic (exact) mass is 260 g/mol. The number of benzene rings is 1. The average Bonchev–Trinajstić information content (AvgIpc) is 2.98. The van der Waals surface area contributed by atoms with Gasteiger partial charge in [-0.3, -0.25) is 9.63 Å². The number of carbonyl (C=O) groups is 1. The molecule has 102 valence electrons. The molecule has 2 heterocycles. The van der Waals surface area contributed by atoms with E-state index in [0.29, 0.717) is 6.61 Å². The van der Waals surface area contributed by atoms with Crippen LogP contribution in [0.25, 0.3) is 0 Å². The average molecular weight is 260 g/mol. The third-order valence-electron chi connectivity index (χ3n) is 3.99. The van der Waals surface area contributed by atoms with Crippen molar-refractivity contribution < 1.29 is 9.63 Å². The molecular formula is C15H20N2O2. The van der Waals surface area contributed by atoms with Gasteiger partial charge in [0.25, 0.3) is 0 Å². The van der Waals surface area contributed by atoms with Crippen molar-refractivity contribution in [3.63, 3.8) is 0 Å². The van der Waals surface area contributed by atoms with Crippen molar-refractivity contribution in [3.05, 3.63) is 35.9 Å². The van der Waals surface area contributed by atoms with Crippen LogP contribution in [0.15, 0.2) is 30.3 Å². The van der Waals surface area contributed by atoms with Crippen LogP contribution in [-0.4, -0.2) is 30.7 Å². The second-order valence-corrected chi connectivity index (χ2v) is 5.24. The van der Waals surface area contributed by atoms with Crippen LogP contribution in [0.4, 0.5) is 0 Å². The molecule has 0 radical (unpaired) electrons. The van der Waals surface area contributed by atoms with Gasteiger partial charge in [-0.2, -0.15) is 0 Å². The number of nitrogens with zero attached hydrogens (tertiary/aromatic N) is 1. The van der Waals surface area contributed by atoms with Gasteiger partial charge < -0.3 is 5.32 Å². The Morgan fingerprint density at radius 1 is 1.16 bits per heavy atom. The summed E-state index contributed by atoms with van der Waals surface area (Å²) in [6.07, 6.45) is 2.72. The topological polar surface area (TPSA) is 41.6 Å². The van der Waals surface area contributed by atoms with E-state index in [4.69, 9.17) is 4.84 Å². The van der Waals surface area contributed by atoms with Crippen molar-refractivity contribution in [1.29, 1.82) is 0 Å². The van der Waals surface area contributed by atoms with E-state index in [1.807, 2.05) is 18.2 Å². The molecular weight excluding hydrogens is 240 g/mol. The Hall–Kier alpha value is -1.39. The van der Waals surface area contributed by atoms with Crippen LogP contribution in [0, 0.1) is 5.92 Å². The summed E-state index contributed by atoms with van der Waals surface area (Å²) >= 11 is 0. The van der Waals surface area contributed by atoms with E-state index in [1.165, 1.54) is 5.56 Å². The summed E-state index contributed by atoms with van der Waals surface area (Å²) in [6.45, 7) is 2.50. The molecule has 0 aromatic heterocycles. The quantitative estimate of drug-likeness (QED) is 0.883. The molecule has 2 saturated heterocycles. The predicted octanol–water partition coefficient (Wildman–Crippen LogP) is 1.89. The highest BCUT2D eigenvalue weighted by Gasteiger charge is 2.35. The van der Waals surface area contributed by atoms with Crippen molar-refractivity contribution in [3.8, 4) is 0 Å². The van der Waals surface area contributed by atoms with Crippen molar-refractivity contribution in [2.75, 3.05) is 19.7 Å². The van der Waals surface area contributed by atoms with Crippen molar-refractivity contribution in [2.45, 2.75) is 25.3 Å². The minimum atomic E-state index is 0.0867. The third kappa shape index (κ3) is 2.65. The predicted molar refractivity (Wildman–Crippen MR) is 72.2 cm³/mol. The molecule has 0 bridgehead atoms. The molecule has 0 unspecified atom stereocenters. The lowest BCUT2D eigenvalue weighted by molar-refractivity contribution is -0.182. The second-order valence-electron chi connectivity index (χ2n) is 5.24. The van der Waals surface area contributed by atoms with E-state index in [0.717, 1.165) is 32.4 Å². The van der Waals surface area contributed by atoms with Gasteiger partial charge in [-0.1, -0.05) is 30.3 Å². The number of hydrogen-bond acceptors (Lipinski definition) is 3. The van der Waals surface area contributed by atoms with Gasteiger partial charge in [-0.05, 0) is 31.5 Å². The van der Waals surface area contributed by atoms with E-state index in [9.17, 15) is 4.79 Å². The summed E-state index contributed by atoms with van der Waals surface area (Å²) < 4.78 is 0. The van der Waals surface area contributed by atoms with Gasteiger partial charge in [0.15, 0.2) is 0 Å². The molecule has 4 heteroatoms. The SMILES string of the molecule is O=C(C1CCNCC1)N1OCC[C@H]1c1ccccc1. The maximum atomic E-state index is 12.6. The van der Waals surface area contributed by atoms with Gasteiger partial charge >= 0.3 is 0 Å². The van der Waals surface area contributed by atoms with E-state index >= 15 is 0 Å². The number of piperidine rings is 1. The molecule has 2 fully saturated rings. The lowest BCUT2D eigenvalue weighted by Crippen LogP contribution is -2.40. The highest BCUT2D eigenvalue weighted by molar-refractivity contribution is 5.78. The summed E-state index contributed by atoms with van der Waals surface area (Å²) in [4.78, 5) is 18.2. The largest absolute Gasteiger partial charge is 0.317 e. The van der Waals surface area contributed by atoms with Crippen molar-refractivity contribution in [2.24, 2.45) is 5.92 Å². The smallest absolute Gasteiger partial charge is 0.249 e. The summed E-state index contributed by atoms with van der Waals surface area (Å²) in [7, 11) is 0. The number of carbonyl (C=O) groups excluding carboxylic acids is 1. The Kier molecular flexibility index (Phi) is 3.80. The Morgan fingerprint density at radius 2 is 1.89 bits per heavy atom. The molecule has 3 rings (SSSR count). The maximum Gasteiger partial charge on any atom is 0.249 e. The van der Waals surface area contributed by atoms with E-state index < -0.39 is 0 Å².